The average Bonchev–Trinajstić information content (AvgIpc) is 3.05. The summed E-state index contributed by atoms with van der Waals surface area (Å²) < 4.78 is 7.15. The summed E-state index contributed by atoms with van der Waals surface area (Å²) in [6, 6.07) is 17.5. The lowest BCUT2D eigenvalue weighted by atomic mass is 10.1. The van der Waals surface area contributed by atoms with E-state index < -0.39 is 5.97 Å². The summed E-state index contributed by atoms with van der Waals surface area (Å²) in [5.74, 6) is 0.640. The van der Waals surface area contributed by atoms with Gasteiger partial charge in [-0.25, -0.2) is 4.79 Å². The molecule has 0 atom stereocenters. The van der Waals surface area contributed by atoms with Crippen molar-refractivity contribution in [3.05, 3.63) is 77.9 Å². The number of fused-ring (bicyclic) bond motifs is 1. The van der Waals surface area contributed by atoms with Gasteiger partial charge in [0.2, 0.25) is 0 Å². The van der Waals surface area contributed by atoms with E-state index in [2.05, 4.69) is 0 Å². The van der Waals surface area contributed by atoms with Crippen molar-refractivity contribution < 1.29 is 24.9 Å². The van der Waals surface area contributed by atoms with Crippen molar-refractivity contribution in [2.75, 3.05) is 0 Å². The lowest BCUT2D eigenvalue weighted by Gasteiger charge is -2.10. The van der Waals surface area contributed by atoms with Crippen LogP contribution in [0.15, 0.2) is 66.7 Å². The van der Waals surface area contributed by atoms with Crippen molar-refractivity contribution in [2.45, 2.75) is 6.92 Å². The fraction of sp³-hybridized carbons (Fsp3) is 0.0417. The van der Waals surface area contributed by atoms with Gasteiger partial charge in [0.15, 0.2) is 5.75 Å². The number of aromatic hydroxyl groups is 2. The van der Waals surface area contributed by atoms with E-state index in [1.165, 1.54) is 11.3 Å². The molecular formula is C24H18O5S. The molecule has 150 valence electrons. The Labute approximate surface area is 176 Å². The van der Waals surface area contributed by atoms with Crippen LogP contribution in [0.25, 0.3) is 26.6 Å². The van der Waals surface area contributed by atoms with Gasteiger partial charge in [0.1, 0.15) is 17.2 Å². The second kappa shape index (κ2) is 7.93. The molecule has 0 bridgehead atoms. The number of carbonyl (C=O) groups is 1. The number of benzene rings is 3. The van der Waals surface area contributed by atoms with Crippen LogP contribution in [0.1, 0.15) is 11.1 Å². The number of thiophene rings is 1. The third kappa shape index (κ3) is 3.99. The fourth-order valence-corrected chi connectivity index (χ4v) is 4.31. The Bertz CT molecular complexity index is 1270. The molecule has 1 aromatic heterocycles. The molecule has 0 unspecified atom stereocenters. The molecule has 30 heavy (non-hydrogen) atoms. The van der Waals surface area contributed by atoms with Crippen molar-refractivity contribution in [1.82, 2.24) is 0 Å². The van der Waals surface area contributed by atoms with E-state index >= 15 is 0 Å². The van der Waals surface area contributed by atoms with Gasteiger partial charge in [-0.2, -0.15) is 0 Å². The van der Waals surface area contributed by atoms with Crippen LogP contribution in [0.2, 0.25) is 0 Å². The number of hydrogen-bond donors (Lipinski definition) is 3. The molecule has 0 aliphatic heterocycles. The Kier molecular flexibility index (Phi) is 5.16. The quantitative estimate of drug-likeness (QED) is 0.337. The number of carboxylic acid groups (broad SMARTS) is 1. The zero-order valence-corrected chi connectivity index (χ0v) is 16.8. The average molecular weight is 418 g/mol. The molecule has 0 aliphatic rings. The molecule has 4 rings (SSSR count). The second-order valence-electron chi connectivity index (χ2n) is 6.78. The van der Waals surface area contributed by atoms with E-state index in [-0.39, 0.29) is 11.5 Å². The highest BCUT2D eigenvalue weighted by molar-refractivity contribution is 7.22. The summed E-state index contributed by atoms with van der Waals surface area (Å²) in [5, 5.41) is 29.2. The third-order valence-electron chi connectivity index (χ3n) is 4.62. The molecule has 0 spiro atoms. The van der Waals surface area contributed by atoms with Gasteiger partial charge in [0.25, 0.3) is 0 Å². The van der Waals surface area contributed by atoms with Crippen LogP contribution in [0.4, 0.5) is 0 Å². The molecule has 0 radical (unpaired) electrons. The summed E-state index contributed by atoms with van der Waals surface area (Å²) in [7, 11) is 0. The number of phenols is 2. The number of aliphatic carboxylic acids is 1. The number of carboxylic acids is 1. The Morgan fingerprint density at radius 2 is 1.70 bits per heavy atom. The Balaban J connectivity index is 1.78. The van der Waals surface area contributed by atoms with Crippen LogP contribution >= 0.6 is 11.3 Å². The van der Waals surface area contributed by atoms with Crippen molar-refractivity contribution >= 4 is 33.5 Å². The van der Waals surface area contributed by atoms with E-state index in [0.717, 1.165) is 37.7 Å². The molecule has 0 amide bonds. The molecule has 4 aromatic rings. The standard InChI is InChI=1S/C24H18O5S/c1-14-12-19(9-4-15(14)5-11-22(27)28)29-23-20-10-8-18(26)13-21(20)30-24(23)16-2-6-17(25)7-3-16/h2-13,25-26H,1H3,(H,27,28). The van der Waals surface area contributed by atoms with Gasteiger partial charge in [-0.15, -0.1) is 11.3 Å². The first-order chi connectivity index (χ1) is 14.4. The van der Waals surface area contributed by atoms with E-state index in [1.54, 1.807) is 36.4 Å². The molecular weight excluding hydrogens is 400 g/mol. The number of hydrogen-bond acceptors (Lipinski definition) is 5. The van der Waals surface area contributed by atoms with Crippen LogP contribution in [-0.2, 0) is 4.79 Å². The SMILES string of the molecule is Cc1cc(Oc2c(-c3ccc(O)cc3)sc3cc(O)ccc23)ccc1C=CC(=O)O. The first kappa shape index (κ1) is 19.5. The second-order valence-corrected chi connectivity index (χ2v) is 7.83. The monoisotopic (exact) mass is 418 g/mol. The maximum atomic E-state index is 10.8. The molecule has 0 saturated carbocycles. The Morgan fingerprint density at radius 3 is 2.40 bits per heavy atom. The summed E-state index contributed by atoms with van der Waals surface area (Å²) in [6.45, 7) is 1.89. The highest BCUT2D eigenvalue weighted by Gasteiger charge is 2.17. The molecule has 5 nitrogen and oxygen atoms in total. The fourth-order valence-electron chi connectivity index (χ4n) is 3.14. The summed E-state index contributed by atoms with van der Waals surface area (Å²) in [4.78, 5) is 11.6. The minimum Gasteiger partial charge on any atom is -0.508 e. The number of ether oxygens (including phenoxy) is 1. The lowest BCUT2D eigenvalue weighted by molar-refractivity contribution is -0.131. The molecule has 3 aromatic carbocycles. The number of rotatable bonds is 5. The van der Waals surface area contributed by atoms with Crippen LogP contribution in [0, 0.1) is 6.92 Å². The van der Waals surface area contributed by atoms with E-state index in [9.17, 15) is 15.0 Å². The molecule has 0 saturated heterocycles. The molecule has 0 aliphatic carbocycles. The van der Waals surface area contributed by atoms with Crippen LogP contribution in [0.5, 0.6) is 23.0 Å². The zero-order valence-electron chi connectivity index (χ0n) is 16.0. The molecule has 1 heterocycles. The van der Waals surface area contributed by atoms with Gasteiger partial charge in [0.05, 0.1) is 4.88 Å². The van der Waals surface area contributed by atoms with Gasteiger partial charge in [-0.1, -0.05) is 6.07 Å². The minimum atomic E-state index is -0.999. The molecule has 0 fully saturated rings. The normalized spacial score (nSPS) is 11.2. The van der Waals surface area contributed by atoms with Crippen LogP contribution in [-0.4, -0.2) is 21.3 Å². The first-order valence-electron chi connectivity index (χ1n) is 9.15. The summed E-state index contributed by atoms with van der Waals surface area (Å²) in [6.07, 6.45) is 2.65. The smallest absolute Gasteiger partial charge is 0.328 e. The first-order valence-corrected chi connectivity index (χ1v) is 9.97. The minimum absolute atomic E-state index is 0.179. The van der Waals surface area contributed by atoms with Crippen LogP contribution in [0.3, 0.4) is 0 Å². The predicted octanol–water partition coefficient (Wildman–Crippen LogP) is 6.18. The van der Waals surface area contributed by atoms with Crippen molar-refractivity contribution in [3.63, 3.8) is 0 Å². The highest BCUT2D eigenvalue weighted by Crippen LogP contribution is 2.47. The van der Waals surface area contributed by atoms with Crippen molar-refractivity contribution in [1.29, 1.82) is 0 Å². The topological polar surface area (TPSA) is 87.0 Å². The zero-order chi connectivity index (χ0) is 21.3. The van der Waals surface area contributed by atoms with E-state index in [1.807, 2.05) is 37.3 Å². The van der Waals surface area contributed by atoms with E-state index in [0.29, 0.717) is 11.5 Å². The molecule has 6 heteroatoms. The maximum Gasteiger partial charge on any atom is 0.328 e. The van der Waals surface area contributed by atoms with Crippen LogP contribution < -0.4 is 4.74 Å². The highest BCUT2D eigenvalue weighted by atomic mass is 32.1. The third-order valence-corrected chi connectivity index (χ3v) is 5.81. The molecule has 3 N–H and O–H groups in total. The van der Waals surface area contributed by atoms with Gasteiger partial charge in [-0.05, 0) is 84.3 Å². The van der Waals surface area contributed by atoms with Gasteiger partial charge >= 0.3 is 5.97 Å². The number of aryl methyl sites for hydroxylation is 1. The van der Waals surface area contributed by atoms with Gasteiger partial charge < -0.3 is 20.1 Å². The van der Waals surface area contributed by atoms with Crippen molar-refractivity contribution in [3.8, 4) is 33.4 Å². The summed E-state index contributed by atoms with van der Waals surface area (Å²) in [5.41, 5.74) is 2.57. The van der Waals surface area contributed by atoms with Crippen molar-refractivity contribution in [2.24, 2.45) is 0 Å². The maximum absolute atomic E-state index is 10.8. The van der Waals surface area contributed by atoms with Gasteiger partial charge in [-0.3, -0.25) is 0 Å². The largest absolute Gasteiger partial charge is 0.508 e. The Morgan fingerprint density at radius 1 is 0.967 bits per heavy atom. The van der Waals surface area contributed by atoms with E-state index in [4.69, 9.17) is 9.84 Å². The lowest BCUT2D eigenvalue weighted by Crippen LogP contribution is -1.90. The summed E-state index contributed by atoms with van der Waals surface area (Å²) >= 11 is 1.49. The predicted molar refractivity (Wildman–Crippen MR) is 119 cm³/mol. The number of phenolic OH excluding ortho intramolecular Hbond substituents is 2. The van der Waals surface area contributed by atoms with Gasteiger partial charge in [0, 0.05) is 16.2 Å². The Hall–Kier alpha value is -3.77.